The fourth-order valence-electron chi connectivity index (χ4n) is 3.10. The van der Waals surface area contributed by atoms with Gasteiger partial charge in [0.25, 0.3) is 5.91 Å². The van der Waals surface area contributed by atoms with Crippen LogP contribution in [0.2, 0.25) is 0 Å². The van der Waals surface area contributed by atoms with Crippen molar-refractivity contribution in [2.45, 2.75) is 0 Å². The lowest BCUT2D eigenvalue weighted by molar-refractivity contribution is 0.103. The first-order valence-corrected chi connectivity index (χ1v) is 9.56. The van der Waals surface area contributed by atoms with E-state index in [4.69, 9.17) is 4.74 Å². The van der Waals surface area contributed by atoms with E-state index in [-0.39, 0.29) is 5.91 Å². The van der Waals surface area contributed by atoms with Gasteiger partial charge >= 0.3 is 0 Å². The summed E-state index contributed by atoms with van der Waals surface area (Å²) in [5.41, 5.74) is 3.99. The van der Waals surface area contributed by atoms with E-state index in [9.17, 15) is 4.79 Å². The van der Waals surface area contributed by atoms with E-state index in [2.05, 4.69) is 10.2 Å². The van der Waals surface area contributed by atoms with Crippen LogP contribution in [0.4, 0.5) is 11.4 Å². The van der Waals surface area contributed by atoms with Crippen LogP contribution in [-0.4, -0.2) is 32.2 Å². The number of ether oxygens (including phenoxy) is 1. The zero-order valence-corrected chi connectivity index (χ0v) is 15.2. The molecule has 0 aliphatic carbocycles. The first kappa shape index (κ1) is 16.8. The summed E-state index contributed by atoms with van der Waals surface area (Å²) in [4.78, 5) is 15.8. The van der Waals surface area contributed by atoms with Crippen molar-refractivity contribution >= 4 is 28.6 Å². The molecule has 3 aromatic rings. The molecule has 1 aliphatic rings. The van der Waals surface area contributed by atoms with Gasteiger partial charge in [-0.15, -0.1) is 11.3 Å². The quantitative estimate of drug-likeness (QED) is 0.741. The van der Waals surface area contributed by atoms with Gasteiger partial charge in [-0.2, -0.15) is 0 Å². The molecule has 0 radical (unpaired) electrons. The Bertz CT molecular complexity index is 869. The van der Waals surface area contributed by atoms with Crippen molar-refractivity contribution in [2.24, 2.45) is 0 Å². The van der Waals surface area contributed by atoms with Gasteiger partial charge < -0.3 is 15.0 Å². The van der Waals surface area contributed by atoms with E-state index in [1.54, 1.807) is 0 Å². The van der Waals surface area contributed by atoms with Crippen molar-refractivity contribution in [3.05, 3.63) is 70.9 Å². The monoisotopic (exact) mass is 364 g/mol. The Hall–Kier alpha value is -2.63. The largest absolute Gasteiger partial charge is 0.378 e. The average molecular weight is 364 g/mol. The molecule has 1 aliphatic heterocycles. The maximum atomic E-state index is 12.7. The van der Waals surface area contributed by atoms with Crippen molar-refractivity contribution in [3.63, 3.8) is 0 Å². The maximum Gasteiger partial charge on any atom is 0.266 e. The normalized spacial score (nSPS) is 14.2. The van der Waals surface area contributed by atoms with Crippen LogP contribution in [0.5, 0.6) is 0 Å². The highest BCUT2D eigenvalue weighted by Gasteiger charge is 2.15. The molecule has 1 N–H and O–H groups in total. The molecule has 2 aromatic carbocycles. The zero-order valence-electron chi connectivity index (χ0n) is 14.4. The molecule has 0 spiro atoms. The minimum Gasteiger partial charge on any atom is -0.378 e. The number of nitrogens with one attached hydrogen (secondary N) is 1. The molecule has 1 amide bonds. The Morgan fingerprint density at radius 2 is 1.69 bits per heavy atom. The van der Waals surface area contributed by atoms with E-state index in [0.29, 0.717) is 0 Å². The number of thiophene rings is 1. The summed E-state index contributed by atoms with van der Waals surface area (Å²) >= 11 is 1.46. The third-order valence-corrected chi connectivity index (χ3v) is 5.37. The third kappa shape index (κ3) is 3.64. The number of morpholine rings is 1. The smallest absolute Gasteiger partial charge is 0.266 e. The molecule has 4 nitrogen and oxygen atoms in total. The van der Waals surface area contributed by atoms with Crippen LogP contribution in [0, 0.1) is 0 Å². The van der Waals surface area contributed by atoms with Crippen LogP contribution in [0.15, 0.2) is 66.0 Å². The van der Waals surface area contributed by atoms with Crippen LogP contribution in [0.1, 0.15) is 9.67 Å². The predicted octanol–water partition coefficient (Wildman–Crippen LogP) is 4.50. The number of anilines is 2. The fourth-order valence-corrected chi connectivity index (χ4v) is 3.91. The van der Waals surface area contributed by atoms with Gasteiger partial charge in [-0.1, -0.05) is 30.3 Å². The number of nitrogens with zero attached hydrogens (tertiary/aromatic N) is 1. The number of hydrogen-bond acceptors (Lipinski definition) is 4. The Balaban J connectivity index is 1.48. The van der Waals surface area contributed by atoms with Crippen LogP contribution in [-0.2, 0) is 4.74 Å². The molecule has 0 unspecified atom stereocenters. The van der Waals surface area contributed by atoms with Crippen LogP contribution < -0.4 is 10.2 Å². The van der Waals surface area contributed by atoms with E-state index in [0.717, 1.165) is 53.7 Å². The van der Waals surface area contributed by atoms with E-state index >= 15 is 0 Å². The number of rotatable bonds is 4. The molecule has 0 bridgehead atoms. The van der Waals surface area contributed by atoms with Gasteiger partial charge in [-0.3, -0.25) is 4.79 Å². The molecule has 4 rings (SSSR count). The highest BCUT2D eigenvalue weighted by atomic mass is 32.1. The Morgan fingerprint density at radius 3 is 2.42 bits per heavy atom. The summed E-state index contributed by atoms with van der Waals surface area (Å²) in [6.07, 6.45) is 0. The summed E-state index contributed by atoms with van der Waals surface area (Å²) in [5.74, 6) is -0.0713. The topological polar surface area (TPSA) is 41.6 Å². The fraction of sp³-hybridized carbons (Fsp3) is 0.190. The Morgan fingerprint density at radius 1 is 0.962 bits per heavy atom. The van der Waals surface area contributed by atoms with Crippen molar-refractivity contribution < 1.29 is 9.53 Å². The van der Waals surface area contributed by atoms with Gasteiger partial charge in [0.05, 0.1) is 18.1 Å². The molecule has 1 aromatic heterocycles. The number of benzene rings is 2. The Labute approximate surface area is 157 Å². The molecular formula is C21H20N2O2S. The number of carbonyl (C=O) groups excluding carboxylic acids is 1. The van der Waals surface area contributed by atoms with Crippen molar-refractivity contribution in [1.29, 1.82) is 0 Å². The van der Waals surface area contributed by atoms with E-state index in [1.807, 2.05) is 66.0 Å². The summed E-state index contributed by atoms with van der Waals surface area (Å²) in [6.45, 7) is 3.33. The molecule has 1 fully saturated rings. The predicted molar refractivity (Wildman–Crippen MR) is 107 cm³/mol. The summed E-state index contributed by atoms with van der Waals surface area (Å²) in [6, 6.07) is 20.0. The minimum absolute atomic E-state index is 0.0713. The first-order chi connectivity index (χ1) is 12.8. The van der Waals surface area contributed by atoms with E-state index < -0.39 is 0 Å². The van der Waals surface area contributed by atoms with Crippen LogP contribution in [0.25, 0.3) is 11.1 Å². The average Bonchev–Trinajstić information content (AvgIpc) is 3.20. The van der Waals surface area contributed by atoms with Gasteiger partial charge in [0.15, 0.2) is 0 Å². The van der Waals surface area contributed by atoms with E-state index in [1.165, 1.54) is 11.3 Å². The number of amides is 1. The first-order valence-electron chi connectivity index (χ1n) is 8.68. The second-order valence-electron chi connectivity index (χ2n) is 6.13. The minimum atomic E-state index is -0.0713. The molecule has 5 heteroatoms. The lowest BCUT2D eigenvalue weighted by Gasteiger charge is -2.28. The second-order valence-corrected chi connectivity index (χ2v) is 7.05. The van der Waals surface area contributed by atoms with Gasteiger partial charge in [-0.05, 0) is 41.3 Å². The van der Waals surface area contributed by atoms with Gasteiger partial charge in [0.2, 0.25) is 0 Å². The zero-order chi connectivity index (χ0) is 17.8. The van der Waals surface area contributed by atoms with Gasteiger partial charge in [0, 0.05) is 30.0 Å². The Kier molecular flexibility index (Phi) is 5.00. The van der Waals surface area contributed by atoms with Crippen LogP contribution in [0.3, 0.4) is 0 Å². The van der Waals surface area contributed by atoms with Crippen molar-refractivity contribution in [3.8, 4) is 11.1 Å². The molecule has 2 heterocycles. The van der Waals surface area contributed by atoms with Crippen molar-refractivity contribution in [2.75, 3.05) is 36.5 Å². The summed E-state index contributed by atoms with van der Waals surface area (Å²) in [7, 11) is 0. The highest BCUT2D eigenvalue weighted by molar-refractivity contribution is 7.12. The highest BCUT2D eigenvalue weighted by Crippen LogP contribution is 2.29. The van der Waals surface area contributed by atoms with Crippen molar-refractivity contribution in [1.82, 2.24) is 0 Å². The molecule has 0 saturated carbocycles. The molecule has 26 heavy (non-hydrogen) atoms. The molecule has 132 valence electrons. The lowest BCUT2D eigenvalue weighted by atomic mass is 10.1. The molecule has 1 saturated heterocycles. The maximum absolute atomic E-state index is 12.7. The molecular weight excluding hydrogens is 344 g/mol. The lowest BCUT2D eigenvalue weighted by Crippen LogP contribution is -2.36. The third-order valence-electron chi connectivity index (χ3n) is 4.46. The summed E-state index contributed by atoms with van der Waals surface area (Å²) in [5, 5.41) is 4.97. The number of hydrogen-bond donors (Lipinski definition) is 1. The van der Waals surface area contributed by atoms with Crippen LogP contribution >= 0.6 is 11.3 Å². The number of carbonyl (C=O) groups is 1. The van der Waals surface area contributed by atoms with Gasteiger partial charge in [0.1, 0.15) is 0 Å². The second kappa shape index (κ2) is 7.72. The molecule has 0 atom stereocenters. The van der Waals surface area contributed by atoms with Gasteiger partial charge in [-0.25, -0.2) is 0 Å². The standard InChI is InChI=1S/C21H20N2O2S/c24-21(20-19(10-15-26-20)16-4-2-1-3-5-16)22-17-6-8-18(9-7-17)23-11-13-25-14-12-23/h1-10,15H,11-14H2,(H,22,24). The summed E-state index contributed by atoms with van der Waals surface area (Å²) < 4.78 is 5.39. The SMILES string of the molecule is O=C(Nc1ccc(N2CCOCC2)cc1)c1sccc1-c1ccccc1.